The van der Waals surface area contributed by atoms with Crippen molar-refractivity contribution in [2.24, 2.45) is 5.92 Å². The Bertz CT molecular complexity index is 342. The van der Waals surface area contributed by atoms with Crippen LogP contribution in [0.25, 0.3) is 0 Å². The maximum Gasteiger partial charge on any atom is 0.326 e. The van der Waals surface area contributed by atoms with Gasteiger partial charge >= 0.3 is 12.0 Å². The molecule has 3 aliphatic heterocycles. The van der Waals surface area contributed by atoms with E-state index in [1.54, 1.807) is 0 Å². The topological polar surface area (TPSA) is 102 Å². The van der Waals surface area contributed by atoms with Crippen molar-refractivity contribution < 1.29 is 19.8 Å². The third kappa shape index (κ3) is 3.57. The highest BCUT2D eigenvalue weighted by atomic mass is 16.4. The van der Waals surface area contributed by atoms with Crippen LogP contribution in [0.5, 0.6) is 0 Å². The lowest BCUT2D eigenvalue weighted by Crippen LogP contribution is -2.59. The largest absolute Gasteiger partial charge is 0.480 e. The zero-order valence-electron chi connectivity index (χ0n) is 10.8. The Balaban J connectivity index is 1.82. The van der Waals surface area contributed by atoms with Crippen molar-refractivity contribution in [2.45, 2.75) is 31.3 Å². The lowest BCUT2D eigenvalue weighted by molar-refractivity contribution is -0.139. The van der Waals surface area contributed by atoms with Crippen molar-refractivity contribution in [3.63, 3.8) is 0 Å². The van der Waals surface area contributed by atoms with Crippen LogP contribution in [-0.2, 0) is 4.79 Å². The van der Waals surface area contributed by atoms with Crippen LogP contribution in [0.4, 0.5) is 4.79 Å². The Labute approximate surface area is 112 Å². The predicted molar refractivity (Wildman–Crippen MR) is 67.7 cm³/mol. The monoisotopic (exact) mass is 271 g/mol. The molecular weight excluding hydrogens is 250 g/mol. The molecule has 3 saturated heterocycles. The number of aliphatic hydroxyl groups is 1. The Morgan fingerprint density at radius 2 is 2.00 bits per heavy atom. The minimum absolute atomic E-state index is 0.0168. The molecule has 3 rings (SSSR count). The lowest BCUT2D eigenvalue weighted by Gasteiger charge is -2.44. The Kier molecular flexibility index (Phi) is 4.60. The third-order valence-electron chi connectivity index (χ3n) is 3.99. The minimum atomic E-state index is -1.13. The molecule has 3 aliphatic rings. The van der Waals surface area contributed by atoms with Crippen molar-refractivity contribution in [3.8, 4) is 0 Å². The molecule has 19 heavy (non-hydrogen) atoms. The fourth-order valence-electron chi connectivity index (χ4n) is 2.88. The van der Waals surface area contributed by atoms with Crippen LogP contribution in [0, 0.1) is 5.92 Å². The van der Waals surface area contributed by atoms with Gasteiger partial charge in [-0.25, -0.2) is 9.59 Å². The van der Waals surface area contributed by atoms with Crippen LogP contribution >= 0.6 is 0 Å². The van der Waals surface area contributed by atoms with E-state index in [1.807, 2.05) is 0 Å². The summed E-state index contributed by atoms with van der Waals surface area (Å²) in [6.07, 6.45) is 2.19. The zero-order chi connectivity index (χ0) is 13.8. The number of carboxylic acid groups (broad SMARTS) is 1. The Morgan fingerprint density at radius 1 is 1.32 bits per heavy atom. The maximum absolute atomic E-state index is 11.8. The summed E-state index contributed by atoms with van der Waals surface area (Å²) in [7, 11) is 0. The molecule has 0 radical (unpaired) electrons. The number of fused-ring (bicyclic) bond motifs is 3. The number of carbonyl (C=O) groups excluding carboxylic acids is 1. The van der Waals surface area contributed by atoms with Crippen LogP contribution in [0.2, 0.25) is 0 Å². The number of rotatable bonds is 5. The Morgan fingerprint density at radius 3 is 2.47 bits per heavy atom. The van der Waals surface area contributed by atoms with Crippen LogP contribution < -0.4 is 10.6 Å². The maximum atomic E-state index is 11.8. The number of aliphatic carboxylic acids is 1. The summed E-state index contributed by atoms with van der Waals surface area (Å²) in [6, 6.07) is -1.39. The molecule has 2 bridgehead atoms. The second-order valence-corrected chi connectivity index (χ2v) is 5.27. The first kappa shape index (κ1) is 14.1. The average Bonchev–Trinajstić information content (AvgIpc) is 2.39. The number of aliphatic hydroxyl groups excluding tert-OH is 1. The molecular formula is C12H21N3O4. The molecule has 0 aromatic heterocycles. The van der Waals surface area contributed by atoms with Crippen molar-refractivity contribution in [1.82, 2.24) is 15.5 Å². The van der Waals surface area contributed by atoms with Gasteiger partial charge in [-0.15, -0.1) is 0 Å². The number of nitrogens with one attached hydrogen (secondary N) is 2. The number of urea groups is 1. The molecule has 108 valence electrons. The van der Waals surface area contributed by atoms with Gasteiger partial charge in [-0.1, -0.05) is 0 Å². The molecule has 3 fully saturated rings. The second-order valence-electron chi connectivity index (χ2n) is 5.27. The Hall–Kier alpha value is -1.34. The number of carboxylic acids is 1. The number of nitrogens with zero attached hydrogens (tertiary/aromatic N) is 1. The lowest BCUT2D eigenvalue weighted by atomic mass is 9.84. The van der Waals surface area contributed by atoms with Crippen molar-refractivity contribution in [1.29, 1.82) is 0 Å². The summed E-state index contributed by atoms with van der Waals surface area (Å²) < 4.78 is 0. The van der Waals surface area contributed by atoms with E-state index in [4.69, 9.17) is 10.2 Å². The van der Waals surface area contributed by atoms with E-state index in [-0.39, 0.29) is 19.1 Å². The van der Waals surface area contributed by atoms with Gasteiger partial charge in [0, 0.05) is 25.6 Å². The summed E-state index contributed by atoms with van der Waals surface area (Å²) in [5.74, 6) is -0.630. The minimum Gasteiger partial charge on any atom is -0.480 e. The van der Waals surface area contributed by atoms with E-state index in [1.165, 1.54) is 0 Å². The van der Waals surface area contributed by atoms with Gasteiger partial charge < -0.3 is 25.7 Å². The number of hydrogen-bond acceptors (Lipinski definition) is 4. The number of hydrogen-bond donors (Lipinski definition) is 4. The molecule has 0 saturated carbocycles. The summed E-state index contributed by atoms with van der Waals surface area (Å²) in [5.41, 5.74) is 0. The fraction of sp³-hybridized carbons (Fsp3) is 0.833. The number of amides is 2. The van der Waals surface area contributed by atoms with Gasteiger partial charge in [0.2, 0.25) is 0 Å². The first-order valence-corrected chi connectivity index (χ1v) is 6.73. The third-order valence-corrected chi connectivity index (χ3v) is 3.99. The van der Waals surface area contributed by atoms with E-state index < -0.39 is 18.0 Å². The average molecular weight is 271 g/mol. The van der Waals surface area contributed by atoms with E-state index >= 15 is 0 Å². The zero-order valence-corrected chi connectivity index (χ0v) is 10.8. The molecule has 3 heterocycles. The first-order valence-electron chi connectivity index (χ1n) is 6.73. The predicted octanol–water partition coefficient (Wildman–Crippen LogP) is -0.785. The van der Waals surface area contributed by atoms with E-state index in [0.717, 1.165) is 32.5 Å². The molecule has 1 unspecified atom stereocenters. The van der Waals surface area contributed by atoms with Gasteiger partial charge in [-0.3, -0.25) is 0 Å². The van der Waals surface area contributed by atoms with Crippen LogP contribution in [0.1, 0.15) is 19.3 Å². The molecule has 7 nitrogen and oxygen atoms in total. The molecule has 2 amide bonds. The highest BCUT2D eigenvalue weighted by Crippen LogP contribution is 2.27. The van der Waals surface area contributed by atoms with E-state index in [2.05, 4.69) is 15.5 Å². The summed E-state index contributed by atoms with van der Waals surface area (Å²) in [5, 5.41) is 22.9. The highest BCUT2D eigenvalue weighted by molar-refractivity contribution is 5.82. The van der Waals surface area contributed by atoms with Crippen molar-refractivity contribution in [3.05, 3.63) is 0 Å². The molecule has 0 spiro atoms. The summed E-state index contributed by atoms with van der Waals surface area (Å²) in [6.45, 7) is 2.76. The molecule has 0 aromatic rings. The molecule has 0 aliphatic carbocycles. The normalized spacial score (nSPS) is 30.7. The van der Waals surface area contributed by atoms with Crippen LogP contribution in [0.3, 0.4) is 0 Å². The van der Waals surface area contributed by atoms with Crippen LogP contribution in [-0.4, -0.2) is 65.4 Å². The van der Waals surface area contributed by atoms with Gasteiger partial charge in [0.25, 0.3) is 0 Å². The van der Waals surface area contributed by atoms with E-state index in [0.29, 0.717) is 5.92 Å². The van der Waals surface area contributed by atoms with E-state index in [9.17, 15) is 9.59 Å². The standard InChI is InChI=1S/C12H21N3O4/c16-6-3-9(11(17)18)13-12(19)14-10-7-15-4-1-8(10)2-5-15/h8-10,16H,1-7H2,(H,17,18)(H2,13,14,19)/t9-,10?/m1/s1. The molecule has 4 N–H and O–H groups in total. The number of carbonyl (C=O) groups is 2. The number of piperidine rings is 3. The van der Waals surface area contributed by atoms with Gasteiger partial charge in [0.05, 0.1) is 0 Å². The summed E-state index contributed by atoms with van der Waals surface area (Å²) in [4.78, 5) is 25.0. The van der Waals surface area contributed by atoms with Crippen LogP contribution in [0.15, 0.2) is 0 Å². The SMILES string of the molecule is O=C(NC1CN2CCC1CC2)N[C@H](CCO)C(=O)O. The molecule has 7 heteroatoms. The second kappa shape index (κ2) is 6.21. The van der Waals surface area contributed by atoms with Gasteiger partial charge in [-0.2, -0.15) is 0 Å². The molecule has 0 aromatic carbocycles. The first-order chi connectivity index (χ1) is 9.10. The fourth-order valence-corrected chi connectivity index (χ4v) is 2.88. The smallest absolute Gasteiger partial charge is 0.326 e. The van der Waals surface area contributed by atoms with Gasteiger partial charge in [0.15, 0.2) is 0 Å². The summed E-state index contributed by atoms with van der Waals surface area (Å²) >= 11 is 0. The quantitative estimate of drug-likeness (QED) is 0.525. The highest BCUT2D eigenvalue weighted by Gasteiger charge is 2.35. The van der Waals surface area contributed by atoms with Crippen molar-refractivity contribution >= 4 is 12.0 Å². The van der Waals surface area contributed by atoms with Gasteiger partial charge in [-0.05, 0) is 31.8 Å². The molecule has 2 atom stereocenters. The van der Waals surface area contributed by atoms with Crippen molar-refractivity contribution in [2.75, 3.05) is 26.2 Å². The van der Waals surface area contributed by atoms with Gasteiger partial charge in [0.1, 0.15) is 6.04 Å².